The zero-order valence-electron chi connectivity index (χ0n) is 11.4. The molecule has 20 heavy (non-hydrogen) atoms. The molecule has 0 unspecified atom stereocenters. The lowest BCUT2D eigenvalue weighted by Crippen LogP contribution is -2.12. The summed E-state index contributed by atoms with van der Waals surface area (Å²) in [5.41, 5.74) is 0.509. The van der Waals surface area contributed by atoms with Crippen LogP contribution in [0.1, 0.15) is 30.0 Å². The third-order valence-electron chi connectivity index (χ3n) is 2.70. The summed E-state index contributed by atoms with van der Waals surface area (Å²) in [5.74, 6) is 1.75. The Morgan fingerprint density at radius 1 is 1.45 bits per heavy atom. The molecule has 1 heterocycles. The van der Waals surface area contributed by atoms with E-state index in [1.807, 2.05) is 10.7 Å². The Labute approximate surface area is 126 Å². The average Bonchev–Trinajstić information content (AvgIpc) is 2.83. The van der Waals surface area contributed by atoms with Crippen molar-refractivity contribution in [3.05, 3.63) is 40.4 Å². The number of halogens is 1. The second-order valence-corrected chi connectivity index (χ2v) is 5.67. The summed E-state index contributed by atoms with van der Waals surface area (Å²) in [7, 11) is 0. The maximum atomic E-state index is 11.0. The van der Waals surface area contributed by atoms with Crippen LogP contribution < -0.4 is 4.74 Å². The molecule has 0 bridgehead atoms. The normalized spacial score (nSPS) is 10.8. The second kappa shape index (κ2) is 6.65. The van der Waals surface area contributed by atoms with Gasteiger partial charge in [-0.2, -0.15) is 5.10 Å². The highest BCUT2D eigenvalue weighted by atomic mass is 79.9. The quantitative estimate of drug-likeness (QED) is 0.760. The summed E-state index contributed by atoms with van der Waals surface area (Å²) in [4.78, 5) is 15.2. The van der Waals surface area contributed by atoms with E-state index in [9.17, 15) is 4.79 Å². The Kier molecular flexibility index (Phi) is 4.89. The summed E-state index contributed by atoms with van der Waals surface area (Å²) in [6.45, 7) is 5.29. The Morgan fingerprint density at radius 3 is 2.95 bits per heavy atom. The second-order valence-electron chi connectivity index (χ2n) is 4.82. The van der Waals surface area contributed by atoms with E-state index in [1.165, 1.54) is 6.33 Å². The minimum Gasteiger partial charge on any atom is -0.484 e. The smallest absolute Gasteiger partial charge is 0.164 e. The van der Waals surface area contributed by atoms with E-state index in [0.717, 1.165) is 23.1 Å². The SMILES string of the molecule is CC(C)Cn1ncnc1COc1c(Br)cccc1C=O. The summed E-state index contributed by atoms with van der Waals surface area (Å²) in [6.07, 6.45) is 2.29. The van der Waals surface area contributed by atoms with E-state index in [0.29, 0.717) is 17.2 Å². The molecule has 0 radical (unpaired) electrons. The number of hydrogen-bond donors (Lipinski definition) is 0. The van der Waals surface area contributed by atoms with Crippen molar-refractivity contribution >= 4 is 22.2 Å². The van der Waals surface area contributed by atoms with E-state index < -0.39 is 0 Å². The van der Waals surface area contributed by atoms with Crippen molar-refractivity contribution in [2.75, 3.05) is 0 Å². The molecule has 0 saturated carbocycles. The maximum Gasteiger partial charge on any atom is 0.164 e. The van der Waals surface area contributed by atoms with Crippen LogP contribution in [0.5, 0.6) is 5.75 Å². The Bertz CT molecular complexity index is 596. The first kappa shape index (κ1) is 14.7. The van der Waals surface area contributed by atoms with Crippen LogP contribution in [0.15, 0.2) is 29.0 Å². The fourth-order valence-electron chi connectivity index (χ4n) is 1.81. The molecule has 0 saturated heterocycles. The molecule has 1 aromatic carbocycles. The molecule has 2 aromatic rings. The number of para-hydroxylation sites is 1. The fraction of sp³-hybridized carbons (Fsp3) is 0.357. The number of hydrogen-bond acceptors (Lipinski definition) is 4. The topological polar surface area (TPSA) is 57.0 Å². The zero-order valence-corrected chi connectivity index (χ0v) is 13.0. The summed E-state index contributed by atoms with van der Waals surface area (Å²) >= 11 is 3.38. The van der Waals surface area contributed by atoms with Gasteiger partial charge in [-0.1, -0.05) is 19.9 Å². The van der Waals surface area contributed by atoms with Crippen LogP contribution >= 0.6 is 15.9 Å². The predicted octanol–water partition coefficient (Wildman–Crippen LogP) is 3.09. The monoisotopic (exact) mass is 337 g/mol. The van der Waals surface area contributed by atoms with Gasteiger partial charge in [-0.3, -0.25) is 4.79 Å². The molecular weight excluding hydrogens is 322 g/mol. The highest BCUT2D eigenvalue weighted by molar-refractivity contribution is 9.10. The molecule has 2 rings (SSSR count). The fourth-order valence-corrected chi connectivity index (χ4v) is 2.30. The number of rotatable bonds is 6. The molecular formula is C14H16BrN3O2. The van der Waals surface area contributed by atoms with Crippen molar-refractivity contribution in [2.45, 2.75) is 27.0 Å². The first-order valence-corrected chi connectivity index (χ1v) is 7.14. The van der Waals surface area contributed by atoms with Gasteiger partial charge in [-0.25, -0.2) is 9.67 Å². The molecule has 1 aromatic heterocycles. The molecule has 0 N–H and O–H groups in total. The van der Waals surface area contributed by atoms with Gasteiger partial charge in [0.15, 0.2) is 12.1 Å². The number of aromatic nitrogens is 3. The third-order valence-corrected chi connectivity index (χ3v) is 3.33. The van der Waals surface area contributed by atoms with Crippen molar-refractivity contribution < 1.29 is 9.53 Å². The van der Waals surface area contributed by atoms with Crippen LogP contribution in [0.2, 0.25) is 0 Å². The number of ether oxygens (including phenoxy) is 1. The Morgan fingerprint density at radius 2 is 2.25 bits per heavy atom. The van der Waals surface area contributed by atoms with Gasteiger partial charge in [0.05, 0.1) is 10.0 Å². The lowest BCUT2D eigenvalue weighted by atomic mass is 10.2. The van der Waals surface area contributed by atoms with Gasteiger partial charge in [0, 0.05) is 6.54 Å². The van der Waals surface area contributed by atoms with Gasteiger partial charge in [-0.15, -0.1) is 0 Å². The van der Waals surface area contributed by atoms with E-state index in [-0.39, 0.29) is 6.61 Å². The predicted molar refractivity (Wildman–Crippen MR) is 78.7 cm³/mol. The maximum absolute atomic E-state index is 11.0. The molecule has 0 atom stereocenters. The highest BCUT2D eigenvalue weighted by Crippen LogP contribution is 2.28. The minimum atomic E-state index is 0.274. The molecule has 0 aliphatic heterocycles. The Balaban J connectivity index is 2.13. The number of benzene rings is 1. The molecule has 0 aliphatic carbocycles. The third kappa shape index (κ3) is 3.45. The van der Waals surface area contributed by atoms with E-state index in [1.54, 1.807) is 12.1 Å². The van der Waals surface area contributed by atoms with Gasteiger partial charge < -0.3 is 4.74 Å². The van der Waals surface area contributed by atoms with Gasteiger partial charge in [-0.05, 0) is 34.0 Å². The van der Waals surface area contributed by atoms with Crippen molar-refractivity contribution in [3.63, 3.8) is 0 Å². The van der Waals surface area contributed by atoms with Gasteiger partial charge in [0.25, 0.3) is 0 Å². The zero-order chi connectivity index (χ0) is 14.5. The molecule has 0 spiro atoms. The van der Waals surface area contributed by atoms with Crippen molar-refractivity contribution in [1.29, 1.82) is 0 Å². The van der Waals surface area contributed by atoms with Crippen LogP contribution in [-0.4, -0.2) is 21.1 Å². The molecule has 106 valence electrons. The van der Waals surface area contributed by atoms with Crippen molar-refractivity contribution in [2.24, 2.45) is 5.92 Å². The molecule has 6 heteroatoms. The number of carbonyl (C=O) groups is 1. The van der Waals surface area contributed by atoms with E-state index in [4.69, 9.17) is 4.74 Å². The number of aldehydes is 1. The summed E-state index contributed by atoms with van der Waals surface area (Å²) < 4.78 is 8.29. The number of nitrogens with zero attached hydrogens (tertiary/aromatic N) is 3. The Hall–Kier alpha value is -1.69. The van der Waals surface area contributed by atoms with E-state index >= 15 is 0 Å². The summed E-state index contributed by atoms with van der Waals surface area (Å²) in [5, 5.41) is 4.18. The lowest BCUT2D eigenvalue weighted by Gasteiger charge is -2.12. The van der Waals surface area contributed by atoms with E-state index in [2.05, 4.69) is 39.9 Å². The first-order valence-electron chi connectivity index (χ1n) is 6.35. The minimum absolute atomic E-state index is 0.274. The van der Waals surface area contributed by atoms with Gasteiger partial charge in [0.1, 0.15) is 18.7 Å². The van der Waals surface area contributed by atoms with Crippen molar-refractivity contribution in [3.8, 4) is 5.75 Å². The van der Waals surface area contributed by atoms with Crippen LogP contribution in [-0.2, 0) is 13.2 Å². The van der Waals surface area contributed by atoms with Crippen molar-refractivity contribution in [1.82, 2.24) is 14.8 Å². The standard InChI is InChI=1S/C14H16BrN3O2/c1-10(2)6-18-13(16-9-17-18)8-20-14-11(7-19)4-3-5-12(14)15/h3-5,7,9-10H,6,8H2,1-2H3. The average molecular weight is 338 g/mol. The highest BCUT2D eigenvalue weighted by Gasteiger charge is 2.11. The van der Waals surface area contributed by atoms with Crippen LogP contribution in [0.3, 0.4) is 0 Å². The molecule has 5 nitrogen and oxygen atoms in total. The van der Waals surface area contributed by atoms with Gasteiger partial charge >= 0.3 is 0 Å². The summed E-state index contributed by atoms with van der Waals surface area (Å²) in [6, 6.07) is 5.34. The number of carbonyl (C=O) groups excluding carboxylic acids is 1. The molecule has 0 amide bonds. The largest absolute Gasteiger partial charge is 0.484 e. The lowest BCUT2D eigenvalue weighted by molar-refractivity contribution is 0.111. The van der Waals surface area contributed by atoms with Gasteiger partial charge in [0.2, 0.25) is 0 Å². The van der Waals surface area contributed by atoms with Crippen LogP contribution in [0.4, 0.5) is 0 Å². The van der Waals surface area contributed by atoms with Crippen LogP contribution in [0, 0.1) is 5.92 Å². The first-order chi connectivity index (χ1) is 9.61. The van der Waals surface area contributed by atoms with Crippen LogP contribution in [0.25, 0.3) is 0 Å². The molecule has 0 fully saturated rings. The molecule has 0 aliphatic rings.